The number of nitrogens with zero attached hydrogens (tertiary/aromatic N) is 2. The topological polar surface area (TPSA) is 58.1 Å². The van der Waals surface area contributed by atoms with Crippen molar-refractivity contribution in [3.8, 4) is 5.69 Å². The second kappa shape index (κ2) is 8.22. The number of rotatable bonds is 6. The summed E-state index contributed by atoms with van der Waals surface area (Å²) in [5.74, 6) is -0.380. The van der Waals surface area contributed by atoms with Crippen LogP contribution in [-0.2, 0) is 17.8 Å². The summed E-state index contributed by atoms with van der Waals surface area (Å²) in [6.07, 6.45) is 0.604. The number of hydrogen-bond acceptors (Lipinski definition) is 3. The summed E-state index contributed by atoms with van der Waals surface area (Å²) in [5.41, 5.74) is 1.63. The van der Waals surface area contributed by atoms with E-state index in [1.165, 1.54) is 28.9 Å². The van der Waals surface area contributed by atoms with E-state index in [2.05, 4.69) is 21.0 Å². The fourth-order valence-corrected chi connectivity index (χ4v) is 4.37. The number of carbonyl (C=O) groups is 1. The van der Waals surface area contributed by atoms with E-state index in [9.17, 15) is 14.0 Å². The second-order valence-corrected chi connectivity index (χ2v) is 8.84. The van der Waals surface area contributed by atoms with E-state index < -0.39 is 0 Å². The van der Waals surface area contributed by atoms with Gasteiger partial charge in [-0.05, 0) is 65.7 Å². The molecule has 142 valence electrons. The van der Waals surface area contributed by atoms with Gasteiger partial charge in [-0.15, -0.1) is 11.3 Å². The zero-order chi connectivity index (χ0) is 19.6. The predicted octanol–water partition coefficient (Wildman–Crippen LogP) is 4.03. The number of hydrogen-bond donors (Lipinski definition) is 1. The molecule has 0 spiro atoms. The van der Waals surface area contributed by atoms with Gasteiger partial charge >= 0.3 is 0 Å². The molecule has 1 amide bonds. The van der Waals surface area contributed by atoms with Gasteiger partial charge in [0, 0.05) is 29.6 Å². The van der Waals surface area contributed by atoms with E-state index in [4.69, 9.17) is 0 Å². The van der Waals surface area contributed by atoms with Gasteiger partial charge in [0.1, 0.15) is 5.82 Å². The van der Waals surface area contributed by atoms with Crippen LogP contribution in [0.15, 0.2) is 45.0 Å². The zero-order valence-corrected chi connectivity index (χ0v) is 17.4. The van der Waals surface area contributed by atoms with Gasteiger partial charge in [0.25, 0.3) is 5.56 Å². The van der Waals surface area contributed by atoms with E-state index in [1.54, 1.807) is 30.2 Å². The Labute approximate surface area is 168 Å². The molecule has 0 aliphatic heterocycles. The molecule has 27 heavy (non-hydrogen) atoms. The summed E-state index contributed by atoms with van der Waals surface area (Å²) in [7, 11) is 1.76. The van der Waals surface area contributed by atoms with E-state index in [-0.39, 0.29) is 23.7 Å². The number of thiophene rings is 1. The minimum atomic E-state index is -0.360. The molecule has 3 rings (SSSR count). The number of aryl methyl sites for hydroxylation is 1. The summed E-state index contributed by atoms with van der Waals surface area (Å²) >= 11 is 5.01. The number of aromatic amines is 1. The van der Waals surface area contributed by atoms with Crippen molar-refractivity contribution in [3.05, 3.63) is 72.5 Å². The fraction of sp³-hybridized carbons (Fsp3) is 0.263. The number of aromatic nitrogens is 2. The molecule has 0 saturated carbocycles. The maximum absolute atomic E-state index is 13.1. The predicted molar refractivity (Wildman–Crippen MR) is 108 cm³/mol. The minimum absolute atomic E-state index is 0.0205. The Hall–Kier alpha value is -2.19. The second-order valence-electron chi connectivity index (χ2n) is 6.29. The molecule has 5 nitrogen and oxygen atoms in total. The molecule has 2 heterocycles. The molecule has 1 aromatic carbocycles. The van der Waals surface area contributed by atoms with Crippen LogP contribution in [0.5, 0.6) is 0 Å². The van der Waals surface area contributed by atoms with Crippen molar-refractivity contribution in [3.63, 3.8) is 0 Å². The molecular formula is C19H19BrFN3O2S. The highest BCUT2D eigenvalue weighted by atomic mass is 79.9. The van der Waals surface area contributed by atoms with Crippen molar-refractivity contribution >= 4 is 33.2 Å². The lowest BCUT2D eigenvalue weighted by molar-refractivity contribution is -0.130. The molecule has 0 aliphatic carbocycles. The van der Waals surface area contributed by atoms with E-state index in [1.807, 2.05) is 12.1 Å². The summed E-state index contributed by atoms with van der Waals surface area (Å²) in [6, 6.07) is 9.62. The quantitative estimate of drug-likeness (QED) is 0.614. The SMILES string of the molecule is Cc1[nH]n(-c2ccc(F)cc2)c(=O)c1CCC(=O)N(C)Cc1ccc(Br)s1. The standard InChI is InChI=1S/C19H19BrFN3O2S/c1-12-16(19(26)24(22-12)14-5-3-13(21)4-6-14)8-10-18(25)23(2)11-15-7-9-17(20)27-15/h3-7,9,22H,8,10-11H2,1-2H3. The Morgan fingerprint density at radius 1 is 1.26 bits per heavy atom. The van der Waals surface area contributed by atoms with Gasteiger partial charge in [0.2, 0.25) is 5.91 Å². The van der Waals surface area contributed by atoms with Gasteiger partial charge in [-0.1, -0.05) is 0 Å². The molecule has 0 aliphatic rings. The van der Waals surface area contributed by atoms with Gasteiger partial charge in [0.15, 0.2) is 0 Å². The normalized spacial score (nSPS) is 11.0. The van der Waals surface area contributed by atoms with Crippen LogP contribution < -0.4 is 5.56 Å². The minimum Gasteiger partial charge on any atom is -0.341 e. The lowest BCUT2D eigenvalue weighted by Gasteiger charge is -2.15. The monoisotopic (exact) mass is 451 g/mol. The highest BCUT2D eigenvalue weighted by Crippen LogP contribution is 2.23. The van der Waals surface area contributed by atoms with Crippen LogP contribution in [0.3, 0.4) is 0 Å². The van der Waals surface area contributed by atoms with Crippen molar-refractivity contribution in [2.24, 2.45) is 0 Å². The zero-order valence-electron chi connectivity index (χ0n) is 15.0. The maximum atomic E-state index is 13.1. The number of nitrogens with one attached hydrogen (secondary N) is 1. The van der Waals surface area contributed by atoms with Crippen molar-refractivity contribution in [2.75, 3.05) is 7.05 Å². The fourth-order valence-electron chi connectivity index (χ4n) is 2.83. The average molecular weight is 452 g/mol. The summed E-state index contributed by atoms with van der Waals surface area (Å²) < 4.78 is 15.5. The molecule has 0 saturated heterocycles. The summed E-state index contributed by atoms with van der Waals surface area (Å²) in [4.78, 5) is 27.8. The Kier molecular flexibility index (Phi) is 5.96. The third-order valence-corrected chi connectivity index (χ3v) is 5.92. The van der Waals surface area contributed by atoms with Crippen LogP contribution in [0, 0.1) is 12.7 Å². The highest BCUT2D eigenvalue weighted by molar-refractivity contribution is 9.11. The Morgan fingerprint density at radius 3 is 2.59 bits per heavy atom. The van der Waals surface area contributed by atoms with Crippen LogP contribution in [-0.4, -0.2) is 27.6 Å². The smallest absolute Gasteiger partial charge is 0.274 e. The van der Waals surface area contributed by atoms with Crippen LogP contribution in [0.1, 0.15) is 22.6 Å². The van der Waals surface area contributed by atoms with Crippen LogP contribution in [0.25, 0.3) is 5.69 Å². The third-order valence-electron chi connectivity index (χ3n) is 4.31. The first-order valence-corrected chi connectivity index (χ1v) is 10.0. The Balaban J connectivity index is 1.68. The molecule has 0 atom stereocenters. The number of carbonyl (C=O) groups excluding carboxylic acids is 1. The van der Waals surface area contributed by atoms with Gasteiger partial charge in [-0.2, -0.15) is 0 Å². The molecule has 0 fully saturated rings. The summed E-state index contributed by atoms with van der Waals surface area (Å²) in [5, 5.41) is 3.00. The molecule has 2 aromatic heterocycles. The molecule has 1 N–H and O–H groups in total. The first-order chi connectivity index (χ1) is 12.8. The van der Waals surface area contributed by atoms with Crippen LogP contribution >= 0.6 is 27.3 Å². The van der Waals surface area contributed by atoms with Crippen LogP contribution in [0.2, 0.25) is 0 Å². The van der Waals surface area contributed by atoms with Crippen molar-refractivity contribution in [1.29, 1.82) is 0 Å². The van der Waals surface area contributed by atoms with Crippen LogP contribution in [0.4, 0.5) is 4.39 Å². The molecule has 8 heteroatoms. The Bertz CT molecular complexity index is 1010. The first kappa shape index (κ1) is 19.6. The molecule has 0 unspecified atom stereocenters. The van der Waals surface area contributed by atoms with E-state index in [0.29, 0.717) is 29.9 Å². The number of halogens is 2. The Morgan fingerprint density at radius 2 is 1.96 bits per heavy atom. The average Bonchev–Trinajstić information content (AvgIpc) is 3.16. The third kappa shape index (κ3) is 4.56. The summed E-state index contributed by atoms with van der Waals surface area (Å²) in [6.45, 7) is 2.34. The first-order valence-electron chi connectivity index (χ1n) is 8.40. The van der Waals surface area contributed by atoms with E-state index >= 15 is 0 Å². The van der Waals surface area contributed by atoms with Crippen molar-refractivity contribution in [1.82, 2.24) is 14.7 Å². The molecule has 0 radical (unpaired) electrons. The number of benzene rings is 1. The highest BCUT2D eigenvalue weighted by Gasteiger charge is 2.16. The maximum Gasteiger partial charge on any atom is 0.274 e. The van der Waals surface area contributed by atoms with Gasteiger partial charge in [-0.25, -0.2) is 9.07 Å². The number of H-pyrrole nitrogens is 1. The van der Waals surface area contributed by atoms with E-state index in [0.717, 1.165) is 8.66 Å². The van der Waals surface area contributed by atoms with Crippen molar-refractivity contribution in [2.45, 2.75) is 26.3 Å². The van der Waals surface area contributed by atoms with Gasteiger partial charge in [0.05, 0.1) is 16.0 Å². The van der Waals surface area contributed by atoms with Crippen molar-refractivity contribution < 1.29 is 9.18 Å². The largest absolute Gasteiger partial charge is 0.341 e. The lowest BCUT2D eigenvalue weighted by Crippen LogP contribution is -2.27. The molecule has 3 aromatic rings. The molecule has 0 bridgehead atoms. The van der Waals surface area contributed by atoms with Gasteiger partial charge in [-0.3, -0.25) is 14.7 Å². The van der Waals surface area contributed by atoms with Gasteiger partial charge < -0.3 is 4.90 Å². The number of amides is 1. The lowest BCUT2D eigenvalue weighted by atomic mass is 10.1. The molecular weight excluding hydrogens is 433 g/mol.